The highest BCUT2D eigenvalue weighted by Crippen LogP contribution is 2.81. The lowest BCUT2D eigenvalue weighted by molar-refractivity contribution is -0.434. The molecule has 2 aliphatic heterocycles. The quantitative estimate of drug-likeness (QED) is 0.233. The number of carbonyl (C=O) groups excluding carboxylic acids is 4. The summed E-state index contributed by atoms with van der Waals surface area (Å²) in [7, 11) is 0. The molecule has 1 spiro atoms. The second kappa shape index (κ2) is 7.54. The molecular formula is C26H34O11. The molecule has 0 aromatic heterocycles. The monoisotopic (exact) mass is 522 g/mol. The minimum absolute atomic E-state index is 0.00218. The van der Waals surface area contributed by atoms with E-state index in [0.717, 1.165) is 0 Å². The van der Waals surface area contributed by atoms with Crippen LogP contribution in [0, 0.1) is 17.3 Å². The zero-order valence-electron chi connectivity index (χ0n) is 22.0. The van der Waals surface area contributed by atoms with E-state index in [2.05, 4.69) is 0 Å². The van der Waals surface area contributed by atoms with E-state index < -0.39 is 87.9 Å². The zero-order valence-corrected chi connectivity index (χ0v) is 22.0. The van der Waals surface area contributed by atoms with Gasteiger partial charge in [-0.15, -0.1) is 0 Å². The lowest BCUT2D eigenvalue weighted by Gasteiger charge is -2.77. The van der Waals surface area contributed by atoms with Crippen molar-refractivity contribution >= 4 is 23.9 Å². The molecule has 4 fully saturated rings. The molecular weight excluding hydrogens is 488 g/mol. The second-order valence-electron chi connectivity index (χ2n) is 11.6. The zero-order chi connectivity index (χ0) is 27.5. The number of epoxide rings is 1. The Kier molecular flexibility index (Phi) is 5.32. The molecule has 11 heteroatoms. The number of esters is 4. The van der Waals surface area contributed by atoms with Crippen LogP contribution in [-0.2, 0) is 42.9 Å². The van der Waals surface area contributed by atoms with Gasteiger partial charge in [0.25, 0.3) is 0 Å². The maximum absolute atomic E-state index is 13.1. The predicted octanol–water partition coefficient (Wildman–Crippen LogP) is 0.723. The Morgan fingerprint density at radius 2 is 1.65 bits per heavy atom. The van der Waals surface area contributed by atoms with Crippen LogP contribution < -0.4 is 0 Å². The SMILES string of the molecule is CC(=O)OC1CC(O)C(C)C2C1(C)C1(O)C(OC(C)=O)CC(C)=CC3OC(=O)C4(C)OC34C21OC(C)=O. The topological polar surface area (TPSA) is 158 Å². The average molecular weight is 523 g/mol. The van der Waals surface area contributed by atoms with Crippen molar-refractivity contribution in [2.45, 2.75) is 108 Å². The first-order chi connectivity index (χ1) is 17.0. The van der Waals surface area contributed by atoms with Gasteiger partial charge in [0.15, 0.2) is 22.9 Å². The highest BCUT2D eigenvalue weighted by molar-refractivity contribution is 5.90. The highest BCUT2D eigenvalue weighted by atomic mass is 16.7. The Hall–Kier alpha value is -2.50. The molecule has 3 aliphatic carbocycles. The third kappa shape index (κ3) is 2.72. The third-order valence-electron chi connectivity index (χ3n) is 9.67. The summed E-state index contributed by atoms with van der Waals surface area (Å²) in [4.78, 5) is 50.4. The van der Waals surface area contributed by atoms with E-state index in [4.69, 9.17) is 23.7 Å². The fraction of sp³-hybridized carbons (Fsp3) is 0.769. The van der Waals surface area contributed by atoms with E-state index in [1.165, 1.54) is 27.7 Å². The molecule has 11 nitrogen and oxygen atoms in total. The molecule has 11 atom stereocenters. The van der Waals surface area contributed by atoms with Crippen LogP contribution >= 0.6 is 0 Å². The summed E-state index contributed by atoms with van der Waals surface area (Å²) in [6.45, 7) is 10.3. The molecule has 0 aromatic rings. The Balaban J connectivity index is 1.86. The van der Waals surface area contributed by atoms with Crippen LogP contribution in [0.3, 0.4) is 0 Å². The first kappa shape index (κ1) is 26.1. The molecule has 0 radical (unpaired) electrons. The van der Waals surface area contributed by atoms with Crippen molar-refractivity contribution in [1.29, 1.82) is 0 Å². The predicted molar refractivity (Wildman–Crippen MR) is 122 cm³/mol. The first-order valence-electron chi connectivity index (χ1n) is 12.6. The molecule has 0 amide bonds. The lowest BCUT2D eigenvalue weighted by Crippen LogP contribution is -2.95. The van der Waals surface area contributed by atoms with Gasteiger partial charge >= 0.3 is 23.9 Å². The van der Waals surface area contributed by atoms with Gasteiger partial charge in [0.05, 0.1) is 6.10 Å². The molecule has 2 N–H and O–H groups in total. The minimum Gasteiger partial charge on any atom is -0.462 e. The number of hydrogen-bond donors (Lipinski definition) is 2. The molecule has 0 aromatic carbocycles. The molecule has 204 valence electrons. The molecule has 11 unspecified atom stereocenters. The Morgan fingerprint density at radius 1 is 1.05 bits per heavy atom. The van der Waals surface area contributed by atoms with Crippen molar-refractivity contribution in [1.82, 2.24) is 0 Å². The van der Waals surface area contributed by atoms with Crippen LogP contribution in [0.4, 0.5) is 0 Å². The summed E-state index contributed by atoms with van der Waals surface area (Å²) in [6, 6.07) is 0. The maximum Gasteiger partial charge on any atom is 0.342 e. The van der Waals surface area contributed by atoms with E-state index in [1.54, 1.807) is 26.8 Å². The summed E-state index contributed by atoms with van der Waals surface area (Å²) >= 11 is 0. The summed E-state index contributed by atoms with van der Waals surface area (Å²) in [5.41, 5.74) is -8.24. The van der Waals surface area contributed by atoms with Crippen LogP contribution in [0.5, 0.6) is 0 Å². The van der Waals surface area contributed by atoms with Gasteiger partial charge in [-0.25, -0.2) is 4.79 Å². The van der Waals surface area contributed by atoms with E-state index in [1.807, 2.05) is 0 Å². The fourth-order valence-corrected chi connectivity index (χ4v) is 8.41. The summed E-state index contributed by atoms with van der Waals surface area (Å²) in [5, 5.41) is 24.1. The van der Waals surface area contributed by atoms with Crippen LogP contribution in [0.15, 0.2) is 11.6 Å². The number of carbonyl (C=O) groups is 4. The summed E-state index contributed by atoms with van der Waals surface area (Å²) < 4.78 is 29.4. The van der Waals surface area contributed by atoms with Crippen molar-refractivity contribution in [3.8, 4) is 0 Å². The number of aliphatic hydroxyl groups is 2. The number of fused-ring (bicyclic) bond motifs is 4. The van der Waals surface area contributed by atoms with Gasteiger partial charge in [0.2, 0.25) is 5.60 Å². The molecule has 2 saturated carbocycles. The van der Waals surface area contributed by atoms with Crippen molar-refractivity contribution in [2.24, 2.45) is 17.3 Å². The Labute approximate surface area is 214 Å². The number of aliphatic hydroxyl groups excluding tert-OH is 1. The third-order valence-corrected chi connectivity index (χ3v) is 9.67. The van der Waals surface area contributed by atoms with Crippen LogP contribution in [-0.4, -0.2) is 80.9 Å². The van der Waals surface area contributed by atoms with E-state index >= 15 is 0 Å². The fourth-order valence-electron chi connectivity index (χ4n) is 8.41. The van der Waals surface area contributed by atoms with Gasteiger partial charge in [-0.05, 0) is 25.8 Å². The van der Waals surface area contributed by atoms with E-state index in [0.29, 0.717) is 5.57 Å². The second-order valence-corrected chi connectivity index (χ2v) is 11.6. The van der Waals surface area contributed by atoms with E-state index in [-0.39, 0.29) is 12.8 Å². The molecule has 37 heavy (non-hydrogen) atoms. The molecule has 2 heterocycles. The molecule has 5 aliphatic rings. The largest absolute Gasteiger partial charge is 0.462 e. The van der Waals surface area contributed by atoms with Gasteiger partial charge in [0.1, 0.15) is 12.2 Å². The smallest absolute Gasteiger partial charge is 0.342 e. The van der Waals surface area contributed by atoms with Crippen molar-refractivity contribution in [2.75, 3.05) is 0 Å². The van der Waals surface area contributed by atoms with Crippen molar-refractivity contribution in [3.63, 3.8) is 0 Å². The molecule has 0 bridgehead atoms. The Bertz CT molecular complexity index is 1130. The van der Waals surface area contributed by atoms with E-state index in [9.17, 15) is 29.4 Å². The van der Waals surface area contributed by atoms with Gasteiger partial charge in [-0.2, -0.15) is 0 Å². The minimum atomic E-state index is -2.21. The normalized spacial score (nSPS) is 51.3. The van der Waals surface area contributed by atoms with Gasteiger partial charge in [-0.3, -0.25) is 14.4 Å². The number of hydrogen-bond acceptors (Lipinski definition) is 11. The van der Waals surface area contributed by atoms with Gasteiger partial charge in [-0.1, -0.05) is 19.4 Å². The molecule has 2 saturated heterocycles. The standard InChI is InChI=1S/C26H34O11/c1-11-8-18(34-14(4)28)24(32)22(6)17(33-13(3)27)10-16(30)12(2)20(22)26(24,36-15(5)29)25-19(9-11)35-21(31)23(25,7)37-25/h9,12,16-20,30,32H,8,10H2,1-7H3. The van der Waals surface area contributed by atoms with Crippen LogP contribution in [0.1, 0.15) is 61.3 Å². The summed E-state index contributed by atoms with van der Waals surface area (Å²) in [6.07, 6.45) is -2.66. The first-order valence-corrected chi connectivity index (χ1v) is 12.6. The van der Waals surface area contributed by atoms with Crippen LogP contribution in [0.2, 0.25) is 0 Å². The average Bonchev–Trinajstić information content (AvgIpc) is 3.36. The van der Waals surface area contributed by atoms with Gasteiger partial charge < -0.3 is 33.9 Å². The highest BCUT2D eigenvalue weighted by Gasteiger charge is 3.03. The Morgan fingerprint density at radius 3 is 2.19 bits per heavy atom. The van der Waals surface area contributed by atoms with Gasteiger partial charge in [0, 0.05) is 44.9 Å². The number of rotatable bonds is 3. The van der Waals surface area contributed by atoms with Crippen LogP contribution in [0.25, 0.3) is 0 Å². The summed E-state index contributed by atoms with van der Waals surface area (Å²) in [5.74, 6) is -4.27. The molecule has 5 rings (SSSR count). The lowest BCUT2D eigenvalue weighted by atomic mass is 9.30. The maximum atomic E-state index is 13.1. The van der Waals surface area contributed by atoms with Crippen molar-refractivity contribution in [3.05, 3.63) is 11.6 Å². The number of ether oxygens (including phenoxy) is 5. The van der Waals surface area contributed by atoms with Crippen molar-refractivity contribution < 1.29 is 53.1 Å².